The van der Waals surface area contributed by atoms with E-state index in [4.69, 9.17) is 10.3 Å². The lowest BCUT2D eigenvalue weighted by Gasteiger charge is -2.35. The minimum Gasteiger partial charge on any atom is -0.550 e. The summed E-state index contributed by atoms with van der Waals surface area (Å²) >= 11 is 0. The molecule has 0 atom stereocenters. The van der Waals surface area contributed by atoms with E-state index in [9.17, 15) is 84.6 Å². The largest absolute Gasteiger partial charge is 0.550 e. The first-order chi connectivity index (χ1) is 63.7. The van der Waals surface area contributed by atoms with Crippen molar-refractivity contribution >= 4 is 107 Å². The number of carbonyl (C=O) groups excluding carboxylic acids is 3. The number of nitrogens with zero attached hydrogens (tertiary/aromatic N) is 4. The number of benzene rings is 11. The van der Waals surface area contributed by atoms with Crippen LogP contribution in [0.25, 0.3) is 4.13 Å². The number of aromatic nitrogens is 2. The molecule has 3 aliphatic heterocycles. The van der Waals surface area contributed by atoms with Crippen molar-refractivity contribution < 1.29 is 89.2 Å². The van der Waals surface area contributed by atoms with Crippen molar-refractivity contribution in [2.24, 2.45) is 5.92 Å². The highest BCUT2D eigenvalue weighted by molar-refractivity contribution is 8.12. The van der Waals surface area contributed by atoms with E-state index in [1.807, 2.05) is 30.3 Å². The lowest BCUT2D eigenvalue weighted by Crippen LogP contribution is -2.64. The van der Waals surface area contributed by atoms with Crippen LogP contribution in [0, 0.1) is 5.92 Å². The molecule has 12 aromatic rings. The second-order valence-corrected chi connectivity index (χ2v) is 45.0. The number of piperazine rings is 1. The molecule has 0 unspecified atom stereocenters. The maximum atomic E-state index is 13.5. The summed E-state index contributed by atoms with van der Waals surface area (Å²) < 4.78 is 181. The van der Waals surface area contributed by atoms with Crippen molar-refractivity contribution in [3.05, 3.63) is 362 Å². The molecule has 0 bridgehead atoms. The lowest BCUT2D eigenvalue weighted by atomic mass is 9.99. The standard InChI is InChI=1S/3C18H15S.C14H23N2O4S2.C12H15OS.C7H10F6N2O5S2.C6H11NO2.C5H4N2O2/c3*1-4-10-16(11-5-1)19(17-12-6-2-7-13-17)18-14-8-3-9-15-18;1-2-3-4-5-6-7-12-21(17,18)16-22(19,20)14-10-8-13(15)9-11-14;13-12(10-14-8-4-5-9-14)11-6-2-1-3-7-11;8-5(9,7(12,13)22(18,19)20)6(10,11)21(16,17)15-3-1-14-2-4-15;8-6(9)5-1-3-7-4-2-5;8-5(9)4-3-6-1-2-7-4/h3*1-15H;8-11H,2-7,12,15H2,1H3;1-3,6-7H,4-5,8-10H2;14H,1-4H2,(H,18,19,20);5,7H,1-4H2,(H,8,9);1-3H,(H,8,9)/q3*+1;-1;+1;;;/p-2. The highest BCUT2D eigenvalue weighted by Crippen LogP contribution is 2.51. The van der Waals surface area contributed by atoms with Crippen LogP contribution < -0.4 is 26.6 Å². The van der Waals surface area contributed by atoms with Gasteiger partial charge in [-0.2, -0.15) is 39.1 Å². The van der Waals surface area contributed by atoms with Crippen LogP contribution in [-0.4, -0.2) is 149 Å². The van der Waals surface area contributed by atoms with Gasteiger partial charge in [0.15, 0.2) is 49.8 Å². The zero-order valence-electron chi connectivity index (χ0n) is 72.8. The van der Waals surface area contributed by atoms with E-state index in [1.54, 1.807) is 0 Å². The Morgan fingerprint density at radius 2 is 0.797 bits per heavy atom. The molecule has 0 spiro atoms. The summed E-state index contributed by atoms with van der Waals surface area (Å²) in [4.78, 5) is 51.1. The Morgan fingerprint density at radius 1 is 0.466 bits per heavy atom. The van der Waals surface area contributed by atoms with Crippen molar-refractivity contribution in [2.75, 3.05) is 68.0 Å². The van der Waals surface area contributed by atoms with Crippen molar-refractivity contribution in [2.45, 2.75) is 137 Å². The molecule has 11 aromatic carbocycles. The Morgan fingerprint density at radius 3 is 1.10 bits per heavy atom. The van der Waals surface area contributed by atoms with E-state index in [0.717, 1.165) is 75.5 Å². The predicted octanol–water partition coefficient (Wildman–Crippen LogP) is 17.2. The van der Waals surface area contributed by atoms with Crippen LogP contribution in [0.5, 0.6) is 0 Å². The smallest absolute Gasteiger partial charge is 0.439 e. The summed E-state index contributed by atoms with van der Waals surface area (Å²) in [6, 6.07) is 111. The monoisotopic (exact) mass is 1970 g/mol. The number of anilines is 1. The molecule has 3 fully saturated rings. The SMILES string of the molecule is CCCCCCCCS(=O)(=O)[N-]S(=O)(=O)c1ccc(N)cc1.O=C(C[S+]1CCCC1)c1ccccc1.O=C([O-])C1CCNCC1.O=C([O-])c1cnccn1.O=S(=O)(O)C(F)(F)C(F)(F)C(F)(F)S(=O)(=O)N1CCNCC1.c1ccc([S+](c2ccccc2)c2ccccc2)cc1.c1ccc([S+](c2ccccc2)c2ccccc2)cc1.c1ccc([S+](c2ccccc2)c2ccccc2)cc1. The van der Waals surface area contributed by atoms with Crippen molar-refractivity contribution in [3.8, 4) is 0 Å². The fraction of sp³-hybridized carbons (Fsp3) is 0.255. The molecule has 133 heavy (non-hydrogen) atoms. The summed E-state index contributed by atoms with van der Waals surface area (Å²) in [7, 11) is -21.1. The third-order valence-electron chi connectivity index (χ3n) is 19.7. The zero-order chi connectivity index (χ0) is 96.2. The molecule has 5 N–H and O–H groups in total. The topological polar surface area (TPSA) is 347 Å². The number of hydrogen-bond acceptors (Lipinski definition) is 18. The molecule has 0 saturated carbocycles. The minimum absolute atomic E-state index is 0.0146. The summed E-state index contributed by atoms with van der Waals surface area (Å²) in [6.07, 6.45) is 13.4. The van der Waals surface area contributed by atoms with Gasteiger partial charge in [0.2, 0.25) is 5.78 Å². The number of carboxylic acid groups (broad SMARTS) is 2. The Labute approximate surface area is 787 Å². The third kappa shape index (κ3) is 34.1. The lowest BCUT2D eigenvalue weighted by molar-refractivity contribution is -0.312. The number of nitrogens with two attached hydrogens (primary N) is 1. The van der Waals surface area contributed by atoms with E-state index >= 15 is 0 Å². The van der Waals surface area contributed by atoms with Gasteiger partial charge in [0.25, 0.3) is 10.0 Å². The molecule has 0 aliphatic carbocycles. The number of sulfonamides is 3. The van der Waals surface area contributed by atoms with Gasteiger partial charge in [-0.15, -0.1) is 0 Å². The summed E-state index contributed by atoms with van der Waals surface area (Å²) in [6.45, 7) is 1.94. The number of unbranched alkanes of at least 4 members (excludes halogenated alkanes) is 5. The van der Waals surface area contributed by atoms with E-state index < -0.39 is 81.6 Å². The van der Waals surface area contributed by atoms with Crippen LogP contribution >= 0.6 is 0 Å². The highest BCUT2D eigenvalue weighted by Gasteiger charge is 2.82. The van der Waals surface area contributed by atoms with E-state index in [2.05, 4.69) is 305 Å². The van der Waals surface area contributed by atoms with Crippen LogP contribution in [0.15, 0.2) is 395 Å². The maximum absolute atomic E-state index is 13.5. The maximum Gasteiger partial charge on any atom is 0.439 e. The first kappa shape index (κ1) is 108. The molecule has 4 heterocycles. The second kappa shape index (κ2) is 54.7. The Balaban J connectivity index is 0.000000190. The number of Topliss-reactive ketones (excluding diaryl/α,β-unsaturated/α-hetero) is 1. The molecule has 21 nitrogen and oxygen atoms in total. The normalized spacial score (nSPS) is 13.8. The van der Waals surface area contributed by atoms with E-state index in [0.29, 0.717) is 28.8 Å². The number of carboxylic acids is 2. The molecule has 706 valence electrons. The van der Waals surface area contributed by atoms with E-state index in [1.165, 1.54) is 105 Å². The summed E-state index contributed by atoms with van der Waals surface area (Å²) in [5.74, 6) is -5.87. The number of rotatable bonds is 29. The molecule has 3 aliphatic rings. The average molecular weight is 1980 g/mol. The Bertz CT molecular complexity index is 5330. The number of halogens is 6. The third-order valence-corrected chi connectivity index (χ3v) is 35.1. The van der Waals surface area contributed by atoms with Gasteiger partial charge in [-0.1, -0.05) is 233 Å². The fourth-order valence-electron chi connectivity index (χ4n) is 12.9. The van der Waals surface area contributed by atoms with Crippen LogP contribution in [0.3, 0.4) is 0 Å². The predicted molar refractivity (Wildman–Crippen MR) is 512 cm³/mol. The van der Waals surface area contributed by atoms with Crippen LogP contribution in [0.4, 0.5) is 32.0 Å². The number of nitrogens with one attached hydrogen (secondary N) is 2. The highest BCUT2D eigenvalue weighted by atomic mass is 32.3. The van der Waals surface area contributed by atoms with Gasteiger partial charge in [0.1, 0.15) is 27.2 Å². The number of nitrogen functional groups attached to an aromatic ring is 1. The van der Waals surface area contributed by atoms with Crippen molar-refractivity contribution in [1.29, 1.82) is 0 Å². The molecule has 35 heteroatoms. The first-order valence-corrected chi connectivity index (χ1v) is 53.7. The Kier molecular flexibility index (Phi) is 44.4. The number of alkyl halides is 6. The molecule has 15 rings (SSSR count). The molecule has 0 amide bonds. The van der Waals surface area contributed by atoms with Crippen molar-refractivity contribution in [1.82, 2.24) is 24.9 Å². The number of ketones is 1. The van der Waals surface area contributed by atoms with Crippen molar-refractivity contribution in [3.63, 3.8) is 0 Å². The molecule has 1 aromatic heterocycles. The van der Waals surface area contributed by atoms with Crippen LogP contribution in [0.1, 0.15) is 92.0 Å². The second-order valence-electron chi connectivity index (χ2n) is 29.5. The van der Waals surface area contributed by atoms with Crippen LogP contribution in [-0.2, 0) is 88.6 Å². The average Bonchev–Trinajstić information content (AvgIpc) is 0.840. The van der Waals surface area contributed by atoms with Gasteiger partial charge in [-0.05, 0) is 190 Å². The van der Waals surface area contributed by atoms with Crippen LogP contribution in [0.2, 0.25) is 0 Å². The van der Waals surface area contributed by atoms with Gasteiger partial charge in [0, 0.05) is 72.4 Å². The number of hydrogen-bond donors (Lipinski definition) is 4. The Hall–Kier alpha value is -10.5. The fourth-order valence-corrected chi connectivity index (χ4v) is 26.3. The summed E-state index contributed by atoms with van der Waals surface area (Å²) in [5.41, 5.74) is 6.61. The molecular formula is C98H106F6N7O14S8+. The number of piperidine rings is 1. The van der Waals surface area contributed by atoms with E-state index in [-0.39, 0.29) is 72.3 Å². The van der Waals surface area contributed by atoms with Gasteiger partial charge < -0.3 is 40.3 Å². The number of aromatic carboxylic acids is 1. The number of aliphatic carboxylic acids is 1. The van der Waals surface area contributed by atoms with Gasteiger partial charge in [-0.3, -0.25) is 19.3 Å². The van der Waals surface area contributed by atoms with Gasteiger partial charge in [-0.25, -0.2) is 25.3 Å². The summed E-state index contributed by atoms with van der Waals surface area (Å²) in [5, 5.41) is 12.6. The van der Waals surface area contributed by atoms with Gasteiger partial charge in [0.05, 0.1) is 54.9 Å². The van der Waals surface area contributed by atoms with Gasteiger partial charge >= 0.3 is 26.5 Å². The molecular weight excluding hydrogens is 1870 g/mol. The quantitative estimate of drug-likeness (QED) is 0.00845. The first-order valence-electron chi connectivity index (χ1n) is 42.4. The molecule has 0 radical (unpaired) electrons. The minimum atomic E-state index is -6.99. The zero-order valence-corrected chi connectivity index (χ0v) is 79.3. The number of carbonyl (C=O) groups is 3. The molecule has 3 saturated heterocycles.